The number of fused-ring (bicyclic) bond motifs is 1. The summed E-state index contributed by atoms with van der Waals surface area (Å²) in [5, 5.41) is 12.9. The van der Waals surface area contributed by atoms with Gasteiger partial charge in [-0.1, -0.05) is 77.8 Å². The van der Waals surface area contributed by atoms with Gasteiger partial charge in [0.15, 0.2) is 0 Å². The first-order valence-electron chi connectivity index (χ1n) is 10.8. The Kier molecular flexibility index (Phi) is 5.90. The second-order valence-electron chi connectivity index (χ2n) is 8.13. The van der Waals surface area contributed by atoms with Crippen molar-refractivity contribution in [2.45, 2.75) is 12.5 Å². The monoisotopic (exact) mass is 490 g/mol. The van der Waals surface area contributed by atoms with E-state index in [0.717, 1.165) is 16.5 Å². The van der Waals surface area contributed by atoms with Crippen molar-refractivity contribution in [1.29, 1.82) is 0 Å². The Morgan fingerprint density at radius 1 is 0.971 bits per heavy atom. The fourth-order valence-electron chi connectivity index (χ4n) is 4.49. The fraction of sp³-hybridized carbons (Fsp3) is 0.111. The third-order valence-electron chi connectivity index (χ3n) is 6.14. The number of aromatic nitrogens is 1. The number of nitrogens with zero attached hydrogens (tertiary/aromatic N) is 1. The third-order valence-corrected chi connectivity index (χ3v) is 6.70. The van der Waals surface area contributed by atoms with Crippen molar-refractivity contribution in [2.75, 3.05) is 6.54 Å². The van der Waals surface area contributed by atoms with Crippen LogP contribution in [0.25, 0.3) is 16.7 Å². The second kappa shape index (κ2) is 9.01. The van der Waals surface area contributed by atoms with Gasteiger partial charge < -0.3 is 15.0 Å². The number of ketones is 1. The van der Waals surface area contributed by atoms with Crippen LogP contribution in [0.3, 0.4) is 0 Å². The third kappa shape index (κ3) is 3.87. The molecule has 1 atom stereocenters. The van der Waals surface area contributed by atoms with Crippen molar-refractivity contribution in [1.82, 2.24) is 9.88 Å². The van der Waals surface area contributed by atoms with Crippen molar-refractivity contribution in [3.8, 4) is 0 Å². The van der Waals surface area contributed by atoms with E-state index >= 15 is 0 Å². The number of carbonyl (C=O) groups excluding carboxylic acids is 2. The van der Waals surface area contributed by atoms with Crippen molar-refractivity contribution in [3.63, 3.8) is 0 Å². The van der Waals surface area contributed by atoms with Gasteiger partial charge in [-0.3, -0.25) is 9.59 Å². The molecule has 170 valence electrons. The molecule has 0 radical (unpaired) electrons. The number of aliphatic hydroxyl groups is 1. The van der Waals surface area contributed by atoms with E-state index in [1.54, 1.807) is 42.5 Å². The van der Waals surface area contributed by atoms with Crippen LogP contribution in [0.5, 0.6) is 0 Å². The molecule has 0 saturated carbocycles. The number of Topliss-reactive ketones (excluding diaryl/α,β-unsaturated/α-hetero) is 1. The van der Waals surface area contributed by atoms with Gasteiger partial charge in [-0.2, -0.15) is 0 Å². The van der Waals surface area contributed by atoms with Gasteiger partial charge in [0.05, 0.1) is 11.6 Å². The Hall–Kier alpha value is -3.54. The molecule has 0 unspecified atom stereocenters. The molecule has 5 rings (SSSR count). The summed E-state index contributed by atoms with van der Waals surface area (Å²) in [6.07, 6.45) is 2.43. The number of hydrogen-bond donors (Lipinski definition) is 2. The number of hydrogen-bond acceptors (Lipinski definition) is 3. The molecule has 0 aliphatic carbocycles. The molecule has 1 saturated heterocycles. The van der Waals surface area contributed by atoms with Crippen LogP contribution in [0.15, 0.2) is 84.6 Å². The van der Waals surface area contributed by atoms with E-state index in [4.69, 9.17) is 23.2 Å². The summed E-state index contributed by atoms with van der Waals surface area (Å²) in [5.74, 6) is -1.64. The Morgan fingerprint density at radius 3 is 2.47 bits per heavy atom. The minimum absolute atomic E-state index is 0.0133. The van der Waals surface area contributed by atoms with Gasteiger partial charge >= 0.3 is 0 Å². The number of carbonyl (C=O) groups is 2. The van der Waals surface area contributed by atoms with Gasteiger partial charge in [-0.25, -0.2) is 0 Å². The molecule has 4 aromatic rings. The number of halogens is 2. The normalized spacial score (nSPS) is 17.6. The van der Waals surface area contributed by atoms with Gasteiger partial charge in [0.1, 0.15) is 5.76 Å². The molecule has 1 fully saturated rings. The van der Waals surface area contributed by atoms with Crippen molar-refractivity contribution >= 4 is 51.6 Å². The summed E-state index contributed by atoms with van der Waals surface area (Å²) in [6, 6.07) is 20.7. The second-order valence-corrected chi connectivity index (χ2v) is 8.98. The standard InChI is InChI=1S/C27H20Cl2N2O3/c28-18-10-11-20(21(29)14-18)24-23(25(32)16-6-2-1-3-7-16)26(33)27(34)31(24)13-12-17-15-30-22-9-5-4-8-19(17)22/h1-11,14-15,24,30,32H,12-13H2/t24-/m0/s1. The summed E-state index contributed by atoms with van der Waals surface area (Å²) >= 11 is 12.6. The zero-order valence-corrected chi connectivity index (χ0v) is 19.5. The number of benzene rings is 3. The molecule has 0 bridgehead atoms. The zero-order chi connectivity index (χ0) is 23.8. The molecular weight excluding hydrogens is 471 g/mol. The molecular formula is C27H20Cl2N2O3. The minimum atomic E-state index is -0.838. The molecule has 1 amide bonds. The van der Waals surface area contributed by atoms with E-state index < -0.39 is 17.7 Å². The summed E-state index contributed by atoms with van der Waals surface area (Å²) < 4.78 is 0. The van der Waals surface area contributed by atoms with Gasteiger partial charge in [0, 0.05) is 39.3 Å². The fourth-order valence-corrected chi connectivity index (χ4v) is 5.00. The van der Waals surface area contributed by atoms with E-state index in [2.05, 4.69) is 4.98 Å². The average molecular weight is 491 g/mol. The highest BCUT2D eigenvalue weighted by molar-refractivity contribution is 6.47. The van der Waals surface area contributed by atoms with Gasteiger partial charge in [-0.05, 0) is 35.7 Å². The van der Waals surface area contributed by atoms with E-state index in [1.165, 1.54) is 4.90 Å². The largest absolute Gasteiger partial charge is 0.507 e. The van der Waals surface area contributed by atoms with Gasteiger partial charge in [0.25, 0.3) is 11.7 Å². The number of para-hydroxylation sites is 1. The maximum absolute atomic E-state index is 13.2. The van der Waals surface area contributed by atoms with Crippen LogP contribution in [0.1, 0.15) is 22.7 Å². The van der Waals surface area contributed by atoms with Crippen LogP contribution in [0, 0.1) is 0 Å². The number of likely N-dealkylation sites (tertiary alicyclic amines) is 1. The molecule has 0 spiro atoms. The molecule has 1 aromatic heterocycles. The molecule has 2 N–H and O–H groups in total. The predicted molar refractivity (Wildman–Crippen MR) is 134 cm³/mol. The lowest BCUT2D eigenvalue weighted by molar-refractivity contribution is -0.139. The number of H-pyrrole nitrogens is 1. The summed E-state index contributed by atoms with van der Waals surface area (Å²) in [7, 11) is 0. The van der Waals surface area contributed by atoms with Crippen molar-refractivity contribution in [3.05, 3.63) is 111 Å². The molecule has 1 aliphatic rings. The number of nitrogens with one attached hydrogen (secondary N) is 1. The maximum atomic E-state index is 13.2. The van der Waals surface area contributed by atoms with Crippen molar-refractivity contribution < 1.29 is 14.7 Å². The van der Waals surface area contributed by atoms with E-state index in [-0.39, 0.29) is 17.9 Å². The minimum Gasteiger partial charge on any atom is -0.507 e. The molecule has 34 heavy (non-hydrogen) atoms. The maximum Gasteiger partial charge on any atom is 0.295 e. The van der Waals surface area contributed by atoms with Crippen LogP contribution in [0.2, 0.25) is 10.0 Å². The average Bonchev–Trinajstić information content (AvgIpc) is 3.36. The highest BCUT2D eigenvalue weighted by Gasteiger charge is 2.46. The number of aliphatic hydroxyl groups excluding tert-OH is 1. The first-order chi connectivity index (χ1) is 16.5. The topological polar surface area (TPSA) is 73.4 Å². The van der Waals surface area contributed by atoms with Crippen LogP contribution in [0.4, 0.5) is 0 Å². The summed E-state index contributed by atoms with van der Waals surface area (Å²) in [5.41, 5.74) is 3.02. The number of rotatable bonds is 5. The summed E-state index contributed by atoms with van der Waals surface area (Å²) in [4.78, 5) is 31.1. The lowest BCUT2D eigenvalue weighted by Gasteiger charge is -2.26. The predicted octanol–water partition coefficient (Wildman–Crippen LogP) is 6.14. The molecule has 5 nitrogen and oxygen atoms in total. The molecule has 2 heterocycles. The SMILES string of the molecule is O=C1C(=O)N(CCc2c[nH]c3ccccc23)[C@@H](c2ccc(Cl)cc2Cl)C1=C(O)c1ccccc1. The van der Waals surface area contributed by atoms with Gasteiger partial charge in [0.2, 0.25) is 0 Å². The highest BCUT2D eigenvalue weighted by atomic mass is 35.5. The Morgan fingerprint density at radius 2 is 1.71 bits per heavy atom. The Bertz CT molecular complexity index is 1440. The first-order valence-corrected chi connectivity index (χ1v) is 11.5. The lowest BCUT2D eigenvalue weighted by atomic mass is 9.95. The molecule has 1 aliphatic heterocycles. The number of amides is 1. The lowest BCUT2D eigenvalue weighted by Crippen LogP contribution is -2.31. The first kappa shape index (κ1) is 22.3. The van der Waals surface area contributed by atoms with E-state index in [1.807, 2.05) is 36.5 Å². The molecule has 3 aromatic carbocycles. The smallest absolute Gasteiger partial charge is 0.295 e. The van der Waals surface area contributed by atoms with Crippen molar-refractivity contribution in [2.24, 2.45) is 0 Å². The Labute approximate surface area is 206 Å². The Balaban J connectivity index is 1.59. The quantitative estimate of drug-likeness (QED) is 0.200. The number of aromatic amines is 1. The highest BCUT2D eigenvalue weighted by Crippen LogP contribution is 2.42. The van der Waals surface area contributed by atoms with Crippen LogP contribution in [-0.4, -0.2) is 33.2 Å². The summed E-state index contributed by atoms with van der Waals surface area (Å²) in [6.45, 7) is 0.265. The van der Waals surface area contributed by atoms with Crippen LogP contribution < -0.4 is 0 Å². The van der Waals surface area contributed by atoms with Crippen LogP contribution >= 0.6 is 23.2 Å². The zero-order valence-electron chi connectivity index (χ0n) is 18.0. The van der Waals surface area contributed by atoms with E-state index in [0.29, 0.717) is 27.6 Å². The molecule has 7 heteroatoms. The van der Waals surface area contributed by atoms with Gasteiger partial charge in [-0.15, -0.1) is 0 Å². The van der Waals surface area contributed by atoms with Crippen LogP contribution in [-0.2, 0) is 16.0 Å². The van der Waals surface area contributed by atoms with E-state index in [9.17, 15) is 14.7 Å².